The van der Waals surface area contributed by atoms with Gasteiger partial charge in [0.15, 0.2) is 0 Å². The standard InChI is InChI=1S/C18H28BNO/c1-12(2)10-13(3)16(6)17(7)18-14(4)11-15(5)20(18)19(8)21-9/h10-11H,1H2,2-9H3/b13-10-,17-16+. The molecule has 0 amide bonds. The zero-order valence-corrected chi connectivity index (χ0v) is 14.8. The van der Waals surface area contributed by atoms with Gasteiger partial charge in [0.2, 0.25) is 0 Å². The monoisotopic (exact) mass is 285 g/mol. The first-order valence-corrected chi connectivity index (χ1v) is 7.43. The highest BCUT2D eigenvalue weighted by Gasteiger charge is 2.20. The number of aromatic nitrogens is 1. The summed E-state index contributed by atoms with van der Waals surface area (Å²) in [5, 5.41) is 0. The summed E-state index contributed by atoms with van der Waals surface area (Å²) in [6.45, 7) is 18.9. The van der Waals surface area contributed by atoms with Gasteiger partial charge in [0.1, 0.15) is 0 Å². The van der Waals surface area contributed by atoms with Crippen LogP contribution in [0.3, 0.4) is 0 Å². The molecule has 0 saturated heterocycles. The van der Waals surface area contributed by atoms with Crippen LogP contribution in [0.4, 0.5) is 0 Å². The molecule has 114 valence electrons. The maximum atomic E-state index is 5.54. The molecular weight excluding hydrogens is 257 g/mol. The molecule has 0 aliphatic carbocycles. The van der Waals surface area contributed by atoms with E-state index in [1.165, 1.54) is 33.7 Å². The molecule has 0 aliphatic heterocycles. The van der Waals surface area contributed by atoms with Gasteiger partial charge in [0.05, 0.1) is 0 Å². The summed E-state index contributed by atoms with van der Waals surface area (Å²) in [6.07, 6.45) is 2.13. The Balaban J connectivity index is 3.49. The van der Waals surface area contributed by atoms with Gasteiger partial charge in [-0.3, -0.25) is 0 Å². The van der Waals surface area contributed by atoms with Crippen LogP contribution in [0.15, 0.2) is 35.4 Å². The Labute approximate surface area is 130 Å². The van der Waals surface area contributed by atoms with Crippen LogP contribution in [0.5, 0.6) is 0 Å². The lowest BCUT2D eigenvalue weighted by Crippen LogP contribution is -2.26. The summed E-state index contributed by atoms with van der Waals surface area (Å²) in [7, 11) is 1.78. The van der Waals surface area contributed by atoms with Crippen molar-refractivity contribution in [1.82, 2.24) is 4.48 Å². The zero-order valence-electron chi connectivity index (χ0n) is 14.8. The van der Waals surface area contributed by atoms with E-state index >= 15 is 0 Å². The molecular formula is C18H28BNO. The quantitative estimate of drug-likeness (QED) is 0.546. The van der Waals surface area contributed by atoms with Crippen LogP contribution in [0, 0.1) is 13.8 Å². The third-order valence-electron chi connectivity index (χ3n) is 4.10. The van der Waals surface area contributed by atoms with Crippen LogP contribution >= 0.6 is 0 Å². The second-order valence-corrected chi connectivity index (χ2v) is 5.95. The van der Waals surface area contributed by atoms with Gasteiger partial charge in [-0.25, -0.2) is 0 Å². The maximum Gasteiger partial charge on any atom is 0.416 e. The molecule has 0 fully saturated rings. The minimum Gasteiger partial charge on any atom is -0.419 e. The van der Waals surface area contributed by atoms with Crippen LogP contribution in [0.25, 0.3) is 5.57 Å². The average Bonchev–Trinajstić information content (AvgIpc) is 2.70. The first-order chi connectivity index (χ1) is 9.70. The third-order valence-corrected chi connectivity index (χ3v) is 4.10. The van der Waals surface area contributed by atoms with Crippen molar-refractivity contribution in [3.63, 3.8) is 0 Å². The molecule has 21 heavy (non-hydrogen) atoms. The van der Waals surface area contributed by atoms with Crippen molar-refractivity contribution in [2.45, 2.75) is 48.4 Å². The van der Waals surface area contributed by atoms with Gasteiger partial charge in [0, 0.05) is 18.5 Å². The molecule has 0 aliphatic rings. The highest BCUT2D eigenvalue weighted by molar-refractivity contribution is 6.49. The van der Waals surface area contributed by atoms with Gasteiger partial charge in [-0.05, 0) is 76.7 Å². The van der Waals surface area contributed by atoms with Gasteiger partial charge in [-0.2, -0.15) is 0 Å². The van der Waals surface area contributed by atoms with E-state index in [-0.39, 0.29) is 7.05 Å². The smallest absolute Gasteiger partial charge is 0.416 e. The van der Waals surface area contributed by atoms with E-state index in [2.05, 4.69) is 64.6 Å². The Hall–Kier alpha value is -1.48. The maximum absolute atomic E-state index is 5.54. The van der Waals surface area contributed by atoms with Crippen molar-refractivity contribution in [2.24, 2.45) is 0 Å². The van der Waals surface area contributed by atoms with Crippen LogP contribution in [0.2, 0.25) is 6.82 Å². The summed E-state index contributed by atoms with van der Waals surface area (Å²) in [4.78, 5) is 0. The number of allylic oxidation sites excluding steroid dienone is 5. The second-order valence-electron chi connectivity index (χ2n) is 5.95. The number of hydrogen-bond donors (Lipinski definition) is 0. The number of rotatable bonds is 5. The third kappa shape index (κ3) is 3.79. The molecule has 1 heterocycles. The highest BCUT2D eigenvalue weighted by Crippen LogP contribution is 2.29. The number of hydrogen-bond acceptors (Lipinski definition) is 1. The highest BCUT2D eigenvalue weighted by atomic mass is 16.4. The lowest BCUT2D eigenvalue weighted by atomic mass is 9.85. The molecule has 0 atom stereocenters. The van der Waals surface area contributed by atoms with Crippen LogP contribution < -0.4 is 0 Å². The van der Waals surface area contributed by atoms with Crippen molar-refractivity contribution < 1.29 is 4.65 Å². The molecule has 0 aromatic carbocycles. The van der Waals surface area contributed by atoms with Crippen LogP contribution in [-0.4, -0.2) is 18.6 Å². The number of nitrogens with zero attached hydrogens (tertiary/aromatic N) is 1. The van der Waals surface area contributed by atoms with Gasteiger partial charge in [-0.1, -0.05) is 18.2 Å². The fourth-order valence-corrected chi connectivity index (χ4v) is 2.82. The first kappa shape index (κ1) is 17.6. The van der Waals surface area contributed by atoms with E-state index in [1.54, 1.807) is 7.11 Å². The molecule has 2 nitrogen and oxygen atoms in total. The zero-order chi connectivity index (χ0) is 16.3. The summed E-state index contributed by atoms with van der Waals surface area (Å²) in [5.41, 5.74) is 8.70. The number of aryl methyl sites for hydroxylation is 2. The molecule has 0 N–H and O–H groups in total. The Bertz CT molecular complexity index is 605. The molecule has 1 rings (SSSR count). The summed E-state index contributed by atoms with van der Waals surface area (Å²) in [6, 6.07) is 2.22. The lowest BCUT2D eigenvalue weighted by molar-refractivity contribution is 0.414. The SMILES string of the molecule is C=C(C)/C=C(C)\C(C)=C(/C)c1c(C)cc(C)n1B(C)OC. The van der Waals surface area contributed by atoms with E-state index in [0.717, 1.165) is 5.57 Å². The predicted molar refractivity (Wildman–Crippen MR) is 94.8 cm³/mol. The minimum absolute atomic E-state index is 0.0295. The molecule has 0 spiro atoms. The van der Waals surface area contributed by atoms with E-state index < -0.39 is 0 Å². The Morgan fingerprint density at radius 1 is 1.24 bits per heavy atom. The largest absolute Gasteiger partial charge is 0.419 e. The molecule has 0 saturated carbocycles. The van der Waals surface area contributed by atoms with Crippen LogP contribution in [-0.2, 0) is 4.65 Å². The summed E-state index contributed by atoms with van der Waals surface area (Å²) in [5.74, 6) is 0. The van der Waals surface area contributed by atoms with E-state index in [4.69, 9.17) is 4.65 Å². The average molecular weight is 285 g/mol. The van der Waals surface area contributed by atoms with E-state index in [1.807, 2.05) is 6.92 Å². The minimum atomic E-state index is 0.0295. The first-order valence-electron chi connectivity index (χ1n) is 7.43. The van der Waals surface area contributed by atoms with Crippen molar-refractivity contribution in [1.29, 1.82) is 0 Å². The molecule has 3 heteroatoms. The van der Waals surface area contributed by atoms with Gasteiger partial charge in [0.25, 0.3) is 0 Å². The van der Waals surface area contributed by atoms with Crippen molar-refractivity contribution in [3.05, 3.63) is 52.4 Å². The van der Waals surface area contributed by atoms with Gasteiger partial charge < -0.3 is 9.13 Å². The second kappa shape index (κ2) is 6.99. The van der Waals surface area contributed by atoms with E-state index in [9.17, 15) is 0 Å². The molecule has 0 bridgehead atoms. The van der Waals surface area contributed by atoms with Gasteiger partial charge in [-0.15, -0.1) is 0 Å². The van der Waals surface area contributed by atoms with Crippen LogP contribution in [0.1, 0.15) is 44.6 Å². The topological polar surface area (TPSA) is 14.2 Å². The molecule has 0 radical (unpaired) electrons. The fraction of sp³-hybridized carbons (Fsp3) is 0.444. The van der Waals surface area contributed by atoms with Gasteiger partial charge >= 0.3 is 7.05 Å². The van der Waals surface area contributed by atoms with E-state index in [0.29, 0.717) is 0 Å². The summed E-state index contributed by atoms with van der Waals surface area (Å²) >= 11 is 0. The lowest BCUT2D eigenvalue weighted by Gasteiger charge is -2.18. The Kier molecular flexibility index (Phi) is 5.85. The van der Waals surface area contributed by atoms with Crippen molar-refractivity contribution in [2.75, 3.05) is 7.11 Å². The summed E-state index contributed by atoms with van der Waals surface area (Å²) < 4.78 is 7.80. The molecule has 0 unspecified atom stereocenters. The Morgan fingerprint density at radius 2 is 1.81 bits per heavy atom. The van der Waals surface area contributed by atoms with Crippen molar-refractivity contribution in [3.8, 4) is 0 Å². The molecule has 1 aromatic rings. The Morgan fingerprint density at radius 3 is 2.29 bits per heavy atom. The molecule has 1 aromatic heterocycles. The fourth-order valence-electron chi connectivity index (χ4n) is 2.82. The van der Waals surface area contributed by atoms with Crippen molar-refractivity contribution >= 4 is 12.6 Å². The predicted octanol–water partition coefficient (Wildman–Crippen LogP) is 5.03. The normalized spacial score (nSPS) is 13.2.